The molecule has 1 N–H and O–H groups in total. The number of hydrogen-bond acceptors (Lipinski definition) is 5. The van der Waals surface area contributed by atoms with Gasteiger partial charge in [-0.2, -0.15) is 0 Å². The number of likely N-dealkylation sites (tertiary alicyclic amines) is 1. The van der Waals surface area contributed by atoms with Crippen LogP contribution in [0.3, 0.4) is 0 Å². The molecule has 29 heavy (non-hydrogen) atoms. The summed E-state index contributed by atoms with van der Waals surface area (Å²) in [6, 6.07) is 16.6. The molecule has 0 aliphatic carbocycles. The first-order chi connectivity index (χ1) is 14.1. The van der Waals surface area contributed by atoms with E-state index in [1.807, 2.05) is 35.2 Å². The maximum absolute atomic E-state index is 13.0. The molecule has 1 aliphatic rings. The van der Waals surface area contributed by atoms with Gasteiger partial charge < -0.3 is 14.6 Å². The summed E-state index contributed by atoms with van der Waals surface area (Å²) >= 11 is 0. The predicted molar refractivity (Wildman–Crippen MR) is 108 cm³/mol. The van der Waals surface area contributed by atoms with Crippen molar-refractivity contribution in [3.63, 3.8) is 0 Å². The summed E-state index contributed by atoms with van der Waals surface area (Å²) in [6.45, 7) is 2.65. The first kappa shape index (κ1) is 18.9. The van der Waals surface area contributed by atoms with E-state index in [2.05, 4.69) is 15.5 Å². The molecule has 0 spiro atoms. The van der Waals surface area contributed by atoms with Crippen molar-refractivity contribution in [3.8, 4) is 11.5 Å². The topological polar surface area (TPSA) is 88.3 Å². The Morgan fingerprint density at radius 2 is 1.93 bits per heavy atom. The van der Waals surface area contributed by atoms with Crippen molar-refractivity contribution in [2.45, 2.75) is 25.7 Å². The molecule has 7 nitrogen and oxygen atoms in total. The van der Waals surface area contributed by atoms with Crippen LogP contribution in [0.5, 0.6) is 0 Å². The molecule has 1 fully saturated rings. The molecule has 2 heterocycles. The summed E-state index contributed by atoms with van der Waals surface area (Å²) < 4.78 is 5.90. The molecular weight excluding hydrogens is 368 g/mol. The molecular formula is C22H22N4O3. The predicted octanol–water partition coefficient (Wildman–Crippen LogP) is 3.71. The lowest BCUT2D eigenvalue weighted by Crippen LogP contribution is -2.39. The van der Waals surface area contributed by atoms with E-state index < -0.39 is 0 Å². The van der Waals surface area contributed by atoms with E-state index in [4.69, 9.17) is 4.42 Å². The van der Waals surface area contributed by atoms with Crippen LogP contribution < -0.4 is 5.32 Å². The molecule has 2 amide bonds. The molecule has 2 aromatic carbocycles. The van der Waals surface area contributed by atoms with Crippen molar-refractivity contribution in [2.24, 2.45) is 0 Å². The smallest absolute Gasteiger partial charge is 0.253 e. The standard InChI is InChI=1S/C22H22N4O3/c1-15(27)23-19-11-5-9-17(13-19)22(28)26-12-6-10-18(14-26)21-25-24-20(29-21)16-7-3-2-4-8-16/h2-5,7-9,11,13,18H,6,10,12,14H2,1H3,(H,23,27)/t18-/m0/s1. The molecule has 0 unspecified atom stereocenters. The van der Waals surface area contributed by atoms with Crippen molar-refractivity contribution >= 4 is 17.5 Å². The van der Waals surface area contributed by atoms with Crippen LogP contribution in [0, 0.1) is 0 Å². The van der Waals surface area contributed by atoms with Gasteiger partial charge in [0.1, 0.15) is 0 Å². The Bertz CT molecular complexity index is 1020. The summed E-state index contributed by atoms with van der Waals surface area (Å²) in [5, 5.41) is 11.1. The second-order valence-corrected chi connectivity index (χ2v) is 7.16. The first-order valence-electron chi connectivity index (χ1n) is 9.66. The Balaban J connectivity index is 1.48. The zero-order valence-corrected chi connectivity index (χ0v) is 16.2. The molecule has 1 atom stereocenters. The van der Waals surface area contributed by atoms with Gasteiger partial charge in [0.05, 0.1) is 5.92 Å². The van der Waals surface area contributed by atoms with E-state index in [-0.39, 0.29) is 17.7 Å². The number of amides is 2. The molecule has 7 heteroatoms. The summed E-state index contributed by atoms with van der Waals surface area (Å²) in [6.07, 6.45) is 1.76. The minimum atomic E-state index is -0.168. The number of anilines is 1. The number of benzene rings is 2. The average Bonchev–Trinajstić information content (AvgIpc) is 3.24. The Kier molecular flexibility index (Phi) is 5.37. The second-order valence-electron chi connectivity index (χ2n) is 7.16. The quantitative estimate of drug-likeness (QED) is 0.734. The lowest BCUT2D eigenvalue weighted by Gasteiger charge is -2.31. The fraction of sp³-hybridized carbons (Fsp3) is 0.273. The fourth-order valence-electron chi connectivity index (χ4n) is 3.58. The zero-order chi connectivity index (χ0) is 20.2. The van der Waals surface area contributed by atoms with Crippen LogP contribution in [0.1, 0.15) is 41.9 Å². The normalized spacial score (nSPS) is 16.4. The molecule has 0 radical (unpaired) electrons. The number of nitrogens with one attached hydrogen (secondary N) is 1. The zero-order valence-electron chi connectivity index (χ0n) is 16.2. The number of piperidine rings is 1. The van der Waals surface area contributed by atoms with Gasteiger partial charge >= 0.3 is 0 Å². The molecule has 0 bridgehead atoms. The summed E-state index contributed by atoms with van der Waals surface area (Å²) in [5.41, 5.74) is 2.04. The van der Waals surface area contributed by atoms with Crippen molar-refractivity contribution < 1.29 is 14.0 Å². The van der Waals surface area contributed by atoms with Gasteiger partial charge in [-0.1, -0.05) is 24.3 Å². The molecule has 0 saturated carbocycles. The molecule has 148 valence electrons. The highest BCUT2D eigenvalue weighted by Crippen LogP contribution is 2.29. The monoisotopic (exact) mass is 390 g/mol. The Morgan fingerprint density at radius 1 is 1.10 bits per heavy atom. The highest BCUT2D eigenvalue weighted by molar-refractivity contribution is 5.96. The van der Waals surface area contributed by atoms with E-state index in [1.54, 1.807) is 24.3 Å². The molecule has 1 aliphatic heterocycles. The molecule has 3 aromatic rings. The first-order valence-corrected chi connectivity index (χ1v) is 9.66. The van der Waals surface area contributed by atoms with Crippen LogP contribution in [0.15, 0.2) is 59.0 Å². The average molecular weight is 390 g/mol. The van der Waals surface area contributed by atoms with Crippen LogP contribution in [0.25, 0.3) is 11.5 Å². The van der Waals surface area contributed by atoms with Gasteiger partial charge in [-0.25, -0.2) is 0 Å². The maximum atomic E-state index is 13.0. The highest BCUT2D eigenvalue weighted by atomic mass is 16.4. The summed E-state index contributed by atoms with van der Waals surface area (Å²) in [4.78, 5) is 26.1. The lowest BCUT2D eigenvalue weighted by molar-refractivity contribution is -0.114. The Labute approximate surface area is 168 Å². The van der Waals surface area contributed by atoms with Crippen LogP contribution in [-0.4, -0.2) is 40.0 Å². The van der Waals surface area contributed by atoms with Gasteiger partial charge in [0, 0.05) is 36.8 Å². The van der Waals surface area contributed by atoms with Crippen LogP contribution in [-0.2, 0) is 4.79 Å². The maximum Gasteiger partial charge on any atom is 0.253 e. The number of rotatable bonds is 4. The van der Waals surface area contributed by atoms with E-state index in [9.17, 15) is 9.59 Å². The van der Waals surface area contributed by atoms with E-state index in [1.165, 1.54) is 6.92 Å². The van der Waals surface area contributed by atoms with Crippen molar-refractivity contribution in [1.29, 1.82) is 0 Å². The SMILES string of the molecule is CC(=O)Nc1cccc(C(=O)N2CCC[C@H](c3nnc(-c4ccccc4)o3)C2)c1. The van der Waals surface area contributed by atoms with Crippen molar-refractivity contribution in [2.75, 3.05) is 18.4 Å². The summed E-state index contributed by atoms with van der Waals surface area (Å²) in [5.74, 6) is 0.833. The van der Waals surface area contributed by atoms with E-state index in [0.29, 0.717) is 36.1 Å². The number of nitrogens with zero attached hydrogens (tertiary/aromatic N) is 3. The van der Waals surface area contributed by atoms with E-state index in [0.717, 1.165) is 18.4 Å². The molecule has 1 saturated heterocycles. The van der Waals surface area contributed by atoms with Crippen LogP contribution in [0.4, 0.5) is 5.69 Å². The van der Waals surface area contributed by atoms with Gasteiger partial charge in [-0.05, 0) is 43.2 Å². The second kappa shape index (κ2) is 8.26. The van der Waals surface area contributed by atoms with Crippen LogP contribution >= 0.6 is 0 Å². The highest BCUT2D eigenvalue weighted by Gasteiger charge is 2.29. The third kappa shape index (κ3) is 4.34. The summed E-state index contributed by atoms with van der Waals surface area (Å²) in [7, 11) is 0. The number of carbonyl (C=O) groups excluding carboxylic acids is 2. The fourth-order valence-corrected chi connectivity index (χ4v) is 3.58. The third-order valence-electron chi connectivity index (χ3n) is 4.95. The lowest BCUT2D eigenvalue weighted by atomic mass is 9.97. The minimum absolute atomic E-state index is 0.0104. The largest absolute Gasteiger partial charge is 0.420 e. The number of hydrogen-bond donors (Lipinski definition) is 1. The van der Waals surface area contributed by atoms with Crippen molar-refractivity contribution in [1.82, 2.24) is 15.1 Å². The van der Waals surface area contributed by atoms with E-state index >= 15 is 0 Å². The van der Waals surface area contributed by atoms with Gasteiger partial charge in [0.15, 0.2) is 0 Å². The molecule has 1 aromatic heterocycles. The minimum Gasteiger partial charge on any atom is -0.420 e. The van der Waals surface area contributed by atoms with Crippen molar-refractivity contribution in [3.05, 3.63) is 66.1 Å². The number of aromatic nitrogens is 2. The Morgan fingerprint density at radius 3 is 2.72 bits per heavy atom. The van der Waals surface area contributed by atoms with Gasteiger partial charge in [-0.15, -0.1) is 10.2 Å². The molecule has 4 rings (SSSR count). The van der Waals surface area contributed by atoms with Gasteiger partial charge in [0.25, 0.3) is 5.91 Å². The number of carbonyl (C=O) groups is 2. The Hall–Kier alpha value is -3.48. The van der Waals surface area contributed by atoms with Gasteiger partial charge in [0.2, 0.25) is 17.7 Å². The third-order valence-corrected chi connectivity index (χ3v) is 4.95. The van der Waals surface area contributed by atoms with Gasteiger partial charge in [-0.3, -0.25) is 9.59 Å². The van der Waals surface area contributed by atoms with Crippen LogP contribution in [0.2, 0.25) is 0 Å².